The lowest BCUT2D eigenvalue weighted by Gasteiger charge is -2.10. The van der Waals surface area contributed by atoms with E-state index in [-0.39, 0.29) is 18.2 Å². The standard InChI is InChI=1S/C18H21N5O4S/c19-15(24)9-23-17(11-2-3-11)21-22-18(23)28-10-16(25)20-12-4-5-13-14(8-12)27-7-1-6-26-13/h4-5,8,11H,1-3,6-7,9-10H2,(H2,19,24)(H,20,25). The van der Waals surface area contributed by atoms with Gasteiger partial charge in [0.25, 0.3) is 0 Å². The van der Waals surface area contributed by atoms with Crippen LogP contribution in [0, 0.1) is 0 Å². The van der Waals surface area contributed by atoms with E-state index in [1.165, 1.54) is 11.8 Å². The summed E-state index contributed by atoms with van der Waals surface area (Å²) in [4.78, 5) is 23.7. The summed E-state index contributed by atoms with van der Waals surface area (Å²) in [6, 6.07) is 5.32. The molecule has 10 heteroatoms. The fraction of sp³-hybridized carbons (Fsp3) is 0.444. The number of anilines is 1. The predicted molar refractivity (Wildman–Crippen MR) is 103 cm³/mol. The quantitative estimate of drug-likeness (QED) is 0.673. The number of hydrogen-bond acceptors (Lipinski definition) is 7. The average Bonchev–Trinajstić information content (AvgIpc) is 3.46. The van der Waals surface area contributed by atoms with Crippen LogP contribution in [0.4, 0.5) is 5.69 Å². The first-order chi connectivity index (χ1) is 13.6. The Balaban J connectivity index is 1.38. The second-order valence-corrected chi connectivity index (χ2v) is 7.66. The zero-order chi connectivity index (χ0) is 19.5. The first-order valence-corrected chi connectivity index (χ1v) is 10.1. The summed E-state index contributed by atoms with van der Waals surface area (Å²) >= 11 is 1.23. The van der Waals surface area contributed by atoms with Crippen LogP contribution in [0.25, 0.3) is 0 Å². The van der Waals surface area contributed by atoms with Crippen molar-refractivity contribution in [2.45, 2.75) is 36.9 Å². The van der Waals surface area contributed by atoms with Crippen LogP contribution in [0.1, 0.15) is 31.0 Å². The van der Waals surface area contributed by atoms with Crippen LogP contribution in [0.15, 0.2) is 23.4 Å². The second kappa shape index (κ2) is 8.09. The number of benzene rings is 1. The van der Waals surface area contributed by atoms with Gasteiger partial charge in [-0.2, -0.15) is 0 Å². The summed E-state index contributed by atoms with van der Waals surface area (Å²) in [5, 5.41) is 11.7. The van der Waals surface area contributed by atoms with Gasteiger partial charge in [-0.1, -0.05) is 11.8 Å². The van der Waals surface area contributed by atoms with Crippen LogP contribution in [-0.2, 0) is 16.1 Å². The molecule has 1 fully saturated rings. The molecule has 2 aliphatic rings. The van der Waals surface area contributed by atoms with Crippen molar-refractivity contribution in [1.29, 1.82) is 0 Å². The number of carbonyl (C=O) groups is 2. The molecule has 1 aromatic carbocycles. The van der Waals surface area contributed by atoms with E-state index in [2.05, 4.69) is 15.5 Å². The number of amides is 2. The van der Waals surface area contributed by atoms with Crippen molar-refractivity contribution in [3.05, 3.63) is 24.0 Å². The van der Waals surface area contributed by atoms with Gasteiger partial charge < -0.3 is 20.5 Å². The Morgan fingerprint density at radius 3 is 2.75 bits per heavy atom. The number of hydrogen-bond donors (Lipinski definition) is 2. The van der Waals surface area contributed by atoms with Crippen molar-refractivity contribution in [2.75, 3.05) is 24.3 Å². The van der Waals surface area contributed by atoms with Crippen molar-refractivity contribution < 1.29 is 19.1 Å². The van der Waals surface area contributed by atoms with Crippen LogP contribution in [0.3, 0.4) is 0 Å². The van der Waals surface area contributed by atoms with Gasteiger partial charge in [-0.05, 0) is 25.0 Å². The van der Waals surface area contributed by atoms with Gasteiger partial charge in [0.2, 0.25) is 11.8 Å². The second-order valence-electron chi connectivity index (χ2n) is 6.72. The van der Waals surface area contributed by atoms with E-state index < -0.39 is 5.91 Å². The smallest absolute Gasteiger partial charge is 0.237 e. The summed E-state index contributed by atoms with van der Waals surface area (Å²) in [6.07, 6.45) is 2.89. The van der Waals surface area contributed by atoms with Crippen LogP contribution >= 0.6 is 11.8 Å². The first-order valence-electron chi connectivity index (χ1n) is 9.14. The van der Waals surface area contributed by atoms with Gasteiger partial charge in [-0.3, -0.25) is 14.2 Å². The lowest BCUT2D eigenvalue weighted by Crippen LogP contribution is -2.21. The maximum atomic E-state index is 12.4. The van der Waals surface area contributed by atoms with E-state index in [1.54, 1.807) is 22.8 Å². The molecule has 0 unspecified atom stereocenters. The predicted octanol–water partition coefficient (Wildman–Crippen LogP) is 1.53. The molecule has 1 aliphatic heterocycles. The summed E-state index contributed by atoms with van der Waals surface area (Å²) in [7, 11) is 0. The number of aromatic nitrogens is 3. The molecule has 2 heterocycles. The fourth-order valence-corrected chi connectivity index (χ4v) is 3.67. The minimum Gasteiger partial charge on any atom is -0.490 e. The molecule has 148 valence electrons. The fourth-order valence-electron chi connectivity index (χ4n) is 2.92. The highest BCUT2D eigenvalue weighted by atomic mass is 32.2. The lowest BCUT2D eigenvalue weighted by atomic mass is 10.2. The monoisotopic (exact) mass is 403 g/mol. The van der Waals surface area contributed by atoms with Crippen LogP contribution in [0.2, 0.25) is 0 Å². The Labute approximate surface area is 166 Å². The number of ether oxygens (including phenoxy) is 2. The largest absolute Gasteiger partial charge is 0.490 e. The molecule has 0 saturated heterocycles. The highest BCUT2D eigenvalue weighted by Gasteiger charge is 2.31. The van der Waals surface area contributed by atoms with E-state index >= 15 is 0 Å². The van der Waals surface area contributed by atoms with Crippen molar-refractivity contribution in [2.24, 2.45) is 5.73 Å². The SMILES string of the molecule is NC(=O)Cn1c(SCC(=O)Nc2ccc3c(c2)OCCCO3)nnc1C1CC1. The van der Waals surface area contributed by atoms with E-state index in [0.29, 0.717) is 41.5 Å². The molecule has 0 bridgehead atoms. The van der Waals surface area contributed by atoms with Crippen molar-refractivity contribution in [3.8, 4) is 11.5 Å². The van der Waals surface area contributed by atoms with E-state index in [9.17, 15) is 9.59 Å². The Bertz CT molecular complexity index is 896. The van der Waals surface area contributed by atoms with Crippen LogP contribution in [0.5, 0.6) is 11.5 Å². The van der Waals surface area contributed by atoms with E-state index in [4.69, 9.17) is 15.2 Å². The van der Waals surface area contributed by atoms with Crippen molar-refractivity contribution >= 4 is 29.3 Å². The normalized spacial score (nSPS) is 15.7. The molecule has 0 spiro atoms. The Morgan fingerprint density at radius 2 is 2.00 bits per heavy atom. The van der Waals surface area contributed by atoms with Crippen LogP contribution in [-0.4, -0.2) is 45.5 Å². The van der Waals surface area contributed by atoms with E-state index in [1.807, 2.05) is 0 Å². The number of fused-ring (bicyclic) bond motifs is 1. The molecule has 2 aromatic rings. The van der Waals surface area contributed by atoms with Crippen molar-refractivity contribution in [3.63, 3.8) is 0 Å². The summed E-state index contributed by atoms with van der Waals surface area (Å²) < 4.78 is 12.9. The number of thioether (sulfide) groups is 1. The summed E-state index contributed by atoms with van der Waals surface area (Å²) in [6.45, 7) is 1.22. The molecule has 1 saturated carbocycles. The maximum absolute atomic E-state index is 12.4. The Morgan fingerprint density at radius 1 is 1.21 bits per heavy atom. The molecule has 0 radical (unpaired) electrons. The minimum atomic E-state index is -0.458. The number of nitrogens with two attached hydrogens (primary N) is 1. The van der Waals surface area contributed by atoms with Crippen molar-refractivity contribution in [1.82, 2.24) is 14.8 Å². The van der Waals surface area contributed by atoms with Gasteiger partial charge in [-0.15, -0.1) is 10.2 Å². The third kappa shape index (κ3) is 4.38. The summed E-state index contributed by atoms with van der Waals surface area (Å²) in [5.41, 5.74) is 5.97. The minimum absolute atomic E-state index is 0.0188. The molecule has 2 amide bonds. The first kappa shape index (κ1) is 18.6. The summed E-state index contributed by atoms with van der Waals surface area (Å²) in [5.74, 6) is 1.88. The number of primary amides is 1. The zero-order valence-corrected chi connectivity index (χ0v) is 16.0. The van der Waals surface area contributed by atoms with Gasteiger partial charge in [0, 0.05) is 24.1 Å². The van der Waals surface area contributed by atoms with Gasteiger partial charge in [-0.25, -0.2) is 0 Å². The van der Waals surface area contributed by atoms with Gasteiger partial charge >= 0.3 is 0 Å². The Kier molecular flexibility index (Phi) is 5.38. The highest BCUT2D eigenvalue weighted by Crippen LogP contribution is 2.40. The number of nitrogens with zero attached hydrogens (tertiary/aromatic N) is 3. The van der Waals surface area contributed by atoms with Gasteiger partial charge in [0.1, 0.15) is 12.4 Å². The average molecular weight is 403 g/mol. The highest BCUT2D eigenvalue weighted by molar-refractivity contribution is 7.99. The maximum Gasteiger partial charge on any atom is 0.237 e. The topological polar surface area (TPSA) is 121 Å². The van der Waals surface area contributed by atoms with Gasteiger partial charge in [0.05, 0.1) is 19.0 Å². The number of carbonyl (C=O) groups excluding carboxylic acids is 2. The van der Waals surface area contributed by atoms with Gasteiger partial charge in [0.15, 0.2) is 16.7 Å². The lowest BCUT2D eigenvalue weighted by molar-refractivity contribution is -0.118. The molecule has 0 atom stereocenters. The molecule has 1 aromatic heterocycles. The molecule has 9 nitrogen and oxygen atoms in total. The molecule has 1 aliphatic carbocycles. The molecule has 4 rings (SSSR count). The number of rotatable bonds is 7. The van der Waals surface area contributed by atoms with Crippen LogP contribution < -0.4 is 20.5 Å². The van der Waals surface area contributed by atoms with E-state index in [0.717, 1.165) is 25.1 Å². The molecule has 28 heavy (non-hydrogen) atoms. The molecular weight excluding hydrogens is 382 g/mol. The molecule has 3 N–H and O–H groups in total. The molecular formula is C18H21N5O4S. The zero-order valence-electron chi connectivity index (χ0n) is 15.2. The number of nitrogens with one attached hydrogen (secondary N) is 1. The third-order valence-electron chi connectivity index (χ3n) is 4.37. The third-order valence-corrected chi connectivity index (χ3v) is 5.33. The Hall–Kier alpha value is -2.75.